The number of H-pyrrole nitrogens is 1. The Balaban J connectivity index is 1.55. The Hall–Kier alpha value is -3.05. The lowest BCUT2D eigenvalue weighted by atomic mass is 9.97. The Morgan fingerprint density at radius 1 is 0.921 bits per heavy atom. The maximum atomic E-state index is 6.59. The molecular weight excluding hydrogens is 511 g/mol. The van der Waals surface area contributed by atoms with E-state index in [9.17, 15) is 0 Å². The second kappa shape index (κ2) is 9.60. The van der Waals surface area contributed by atoms with Gasteiger partial charge in [-0.15, -0.1) is 0 Å². The summed E-state index contributed by atoms with van der Waals surface area (Å²) in [4.78, 5) is 5.79. The zero-order chi connectivity index (χ0) is 26.6. The van der Waals surface area contributed by atoms with E-state index in [1.54, 1.807) is 0 Å². The molecule has 4 nitrogen and oxygen atoms in total. The highest BCUT2D eigenvalue weighted by Gasteiger charge is 2.43. The van der Waals surface area contributed by atoms with Crippen molar-refractivity contribution >= 4 is 34.1 Å². The van der Waals surface area contributed by atoms with Crippen molar-refractivity contribution < 1.29 is 0 Å². The van der Waals surface area contributed by atoms with Gasteiger partial charge in [0.1, 0.15) is 0 Å². The topological polar surface area (TPSA) is 36.9 Å². The van der Waals surface area contributed by atoms with Crippen molar-refractivity contribution in [2.45, 2.75) is 59.2 Å². The fraction of sp³-hybridized carbons (Fsp3) is 0.281. The fourth-order valence-electron chi connectivity index (χ4n) is 5.90. The predicted octanol–water partition coefficient (Wildman–Crippen LogP) is 8.70. The molecule has 3 heterocycles. The molecule has 194 valence electrons. The lowest BCUT2D eigenvalue weighted by molar-refractivity contribution is 0.123. The van der Waals surface area contributed by atoms with Crippen LogP contribution in [0.4, 0.5) is 0 Å². The molecule has 0 saturated carbocycles. The molecule has 0 fully saturated rings. The summed E-state index contributed by atoms with van der Waals surface area (Å²) in [6.45, 7) is 10.5. The molecule has 0 radical (unpaired) electrons. The van der Waals surface area contributed by atoms with Crippen LogP contribution >= 0.6 is 23.2 Å². The molecule has 0 amide bonds. The number of rotatable bonds is 6. The molecule has 0 atom stereocenters. The molecule has 2 aromatic heterocycles. The van der Waals surface area contributed by atoms with Crippen LogP contribution in [0, 0.1) is 0 Å². The number of aryl methyl sites for hydroxylation is 2. The Labute approximate surface area is 234 Å². The molecule has 5 aromatic rings. The largest absolute Gasteiger partial charge is 0.361 e. The van der Waals surface area contributed by atoms with Crippen molar-refractivity contribution in [3.8, 4) is 16.9 Å². The fourth-order valence-corrected chi connectivity index (χ4v) is 6.27. The number of benzene rings is 3. The molecule has 6 rings (SSSR count). The minimum absolute atomic E-state index is 0.285. The zero-order valence-corrected chi connectivity index (χ0v) is 23.8. The average molecular weight is 544 g/mol. The number of fused-ring (bicyclic) bond motifs is 2. The highest BCUT2D eigenvalue weighted by Crippen LogP contribution is 2.45. The van der Waals surface area contributed by atoms with Crippen molar-refractivity contribution in [3.05, 3.63) is 105 Å². The Morgan fingerprint density at radius 2 is 1.68 bits per heavy atom. The first-order valence-electron chi connectivity index (χ1n) is 13.3. The van der Waals surface area contributed by atoms with Crippen LogP contribution in [0.2, 0.25) is 10.0 Å². The molecule has 0 unspecified atom stereocenters. The number of aromatic nitrogens is 3. The summed E-state index contributed by atoms with van der Waals surface area (Å²) >= 11 is 12.9. The van der Waals surface area contributed by atoms with Gasteiger partial charge in [-0.2, -0.15) is 5.10 Å². The van der Waals surface area contributed by atoms with Crippen molar-refractivity contribution in [3.63, 3.8) is 0 Å². The molecule has 0 spiro atoms. The molecule has 0 aliphatic carbocycles. The Morgan fingerprint density at radius 3 is 2.42 bits per heavy atom. The van der Waals surface area contributed by atoms with Gasteiger partial charge in [0.15, 0.2) is 0 Å². The van der Waals surface area contributed by atoms with Crippen LogP contribution in [0.1, 0.15) is 55.6 Å². The second-order valence-electron chi connectivity index (χ2n) is 10.7. The minimum Gasteiger partial charge on any atom is -0.361 e. The first-order valence-corrected chi connectivity index (χ1v) is 14.1. The standard InChI is InChI=1S/C32H32Cl2N4/c1-5-20-8-7-9-21(6-2)29(20)38-30(23-10-13-28-22(16-23)14-15-35-28)26-19-37(32(3,4)31(26)36-38)18-24-17-25(33)11-12-27(24)34/h7-17,35H,5-6,18-19H2,1-4H3. The quantitative estimate of drug-likeness (QED) is 0.233. The Kier molecular flexibility index (Phi) is 6.38. The Bertz CT molecular complexity index is 1640. The molecule has 1 aliphatic rings. The minimum atomic E-state index is -0.285. The summed E-state index contributed by atoms with van der Waals surface area (Å²) in [5, 5.41) is 8.05. The molecule has 1 N–H and O–H groups in total. The highest BCUT2D eigenvalue weighted by molar-refractivity contribution is 6.33. The monoisotopic (exact) mass is 542 g/mol. The van der Waals surface area contributed by atoms with Gasteiger partial charge in [-0.3, -0.25) is 4.90 Å². The number of aromatic amines is 1. The molecule has 0 saturated heterocycles. The van der Waals surface area contributed by atoms with Gasteiger partial charge in [0, 0.05) is 51.4 Å². The third kappa shape index (κ3) is 4.07. The lowest BCUT2D eigenvalue weighted by Crippen LogP contribution is -2.36. The number of hydrogen-bond donors (Lipinski definition) is 1. The van der Waals surface area contributed by atoms with E-state index in [0.29, 0.717) is 11.6 Å². The van der Waals surface area contributed by atoms with Crippen molar-refractivity contribution in [1.29, 1.82) is 0 Å². The van der Waals surface area contributed by atoms with Crippen LogP contribution in [-0.2, 0) is 31.5 Å². The van der Waals surface area contributed by atoms with Gasteiger partial charge < -0.3 is 4.98 Å². The first-order chi connectivity index (χ1) is 18.3. The maximum absolute atomic E-state index is 6.59. The number of nitrogens with zero attached hydrogens (tertiary/aromatic N) is 3. The first kappa shape index (κ1) is 25.2. The predicted molar refractivity (Wildman–Crippen MR) is 158 cm³/mol. The van der Waals surface area contributed by atoms with E-state index in [4.69, 9.17) is 28.3 Å². The molecule has 6 heteroatoms. The SMILES string of the molecule is CCc1cccc(CC)c1-n1nc2c(c1-c1ccc3[nH]ccc3c1)CN(Cc1cc(Cl)ccc1Cl)C2(C)C. The van der Waals surface area contributed by atoms with Gasteiger partial charge in [-0.1, -0.05) is 61.3 Å². The normalized spacial score (nSPS) is 14.9. The molecular formula is C32H32Cl2N4. The van der Waals surface area contributed by atoms with E-state index < -0.39 is 0 Å². The third-order valence-corrected chi connectivity index (χ3v) is 8.68. The highest BCUT2D eigenvalue weighted by atomic mass is 35.5. The van der Waals surface area contributed by atoms with Crippen molar-refractivity contribution in [2.24, 2.45) is 0 Å². The van der Waals surface area contributed by atoms with E-state index in [2.05, 4.69) is 84.7 Å². The van der Waals surface area contributed by atoms with E-state index >= 15 is 0 Å². The number of halogens is 2. The lowest BCUT2D eigenvalue weighted by Gasteiger charge is -2.32. The molecule has 38 heavy (non-hydrogen) atoms. The van der Waals surface area contributed by atoms with E-state index in [-0.39, 0.29) is 5.54 Å². The van der Waals surface area contributed by atoms with Gasteiger partial charge >= 0.3 is 0 Å². The smallest absolute Gasteiger partial charge is 0.0878 e. The van der Waals surface area contributed by atoms with E-state index in [1.807, 2.05) is 24.4 Å². The van der Waals surface area contributed by atoms with Crippen LogP contribution < -0.4 is 0 Å². The van der Waals surface area contributed by atoms with Gasteiger partial charge in [0.25, 0.3) is 0 Å². The summed E-state index contributed by atoms with van der Waals surface area (Å²) in [6.07, 6.45) is 3.90. The van der Waals surface area contributed by atoms with Crippen molar-refractivity contribution in [1.82, 2.24) is 19.7 Å². The average Bonchev–Trinajstić information content (AvgIpc) is 3.59. The van der Waals surface area contributed by atoms with Crippen LogP contribution in [0.5, 0.6) is 0 Å². The maximum Gasteiger partial charge on any atom is 0.0878 e. The van der Waals surface area contributed by atoms with E-state index in [0.717, 1.165) is 41.2 Å². The summed E-state index contributed by atoms with van der Waals surface area (Å²) in [6, 6.07) is 21.1. The summed E-state index contributed by atoms with van der Waals surface area (Å²) < 4.78 is 2.24. The zero-order valence-electron chi connectivity index (χ0n) is 22.3. The van der Waals surface area contributed by atoms with Crippen molar-refractivity contribution in [2.75, 3.05) is 0 Å². The third-order valence-electron chi connectivity index (χ3n) is 8.08. The van der Waals surface area contributed by atoms with Crippen LogP contribution in [0.3, 0.4) is 0 Å². The molecule has 3 aromatic carbocycles. The number of nitrogens with one attached hydrogen (secondary N) is 1. The summed E-state index contributed by atoms with van der Waals surface area (Å²) in [5.41, 5.74) is 10.5. The second-order valence-corrected chi connectivity index (χ2v) is 11.5. The summed E-state index contributed by atoms with van der Waals surface area (Å²) in [5.74, 6) is 0. The van der Waals surface area contributed by atoms with E-state index in [1.165, 1.54) is 39.0 Å². The van der Waals surface area contributed by atoms with Crippen LogP contribution in [-0.4, -0.2) is 19.7 Å². The van der Waals surface area contributed by atoms with Gasteiger partial charge in [0.2, 0.25) is 0 Å². The number of para-hydroxylation sites is 1. The molecule has 1 aliphatic heterocycles. The van der Waals surface area contributed by atoms with Crippen LogP contribution in [0.15, 0.2) is 66.9 Å². The van der Waals surface area contributed by atoms with Gasteiger partial charge in [0.05, 0.1) is 22.6 Å². The number of hydrogen-bond acceptors (Lipinski definition) is 2. The molecule has 0 bridgehead atoms. The summed E-state index contributed by atoms with van der Waals surface area (Å²) in [7, 11) is 0. The van der Waals surface area contributed by atoms with Gasteiger partial charge in [-0.05, 0) is 79.8 Å². The van der Waals surface area contributed by atoms with Gasteiger partial charge in [-0.25, -0.2) is 4.68 Å². The van der Waals surface area contributed by atoms with Crippen LogP contribution in [0.25, 0.3) is 27.8 Å².